The number of carbonyl (C=O) groups excluding carboxylic acids is 2. The summed E-state index contributed by atoms with van der Waals surface area (Å²) in [6.07, 6.45) is 3.95. The number of hydrogen-bond donors (Lipinski definition) is 0. The smallest absolute Gasteiger partial charge is 0.364 e. The van der Waals surface area contributed by atoms with Gasteiger partial charge in [-0.2, -0.15) is 0 Å². The first-order valence-corrected chi connectivity index (χ1v) is 7.67. The zero-order valence-corrected chi connectivity index (χ0v) is 13.8. The fourth-order valence-corrected chi connectivity index (χ4v) is 2.61. The summed E-state index contributed by atoms with van der Waals surface area (Å²) in [5, 5.41) is 3.75. The Morgan fingerprint density at radius 1 is 1.14 bits per heavy atom. The molecule has 0 aliphatic heterocycles. The fraction of sp³-hybridized carbons (Fsp3) is 0.812. The van der Waals surface area contributed by atoms with Gasteiger partial charge in [-0.05, 0) is 43.9 Å². The molecular formula is C16H27NO4. The molecule has 0 spiro atoms. The van der Waals surface area contributed by atoms with E-state index < -0.39 is 11.8 Å². The number of nitrogens with zero attached hydrogens (tertiary/aromatic N) is 1. The number of carbonyl (C=O) groups is 2. The molecule has 0 saturated heterocycles. The molecule has 0 amide bonds. The Labute approximate surface area is 127 Å². The minimum Gasteiger partial charge on any atom is -0.461 e. The van der Waals surface area contributed by atoms with Gasteiger partial charge >= 0.3 is 5.97 Å². The molecule has 1 aliphatic rings. The Bertz CT molecular complexity index is 401. The molecule has 0 aromatic rings. The standard InChI is InChI=1S/C16H27NO4/c1-6-20-15(19)14(11(2)18)17-21-13-9-7-12(8-10-13)16(3,4)5/h12-13H,6-10H2,1-5H3/b17-14-. The zero-order chi connectivity index (χ0) is 16.0. The summed E-state index contributed by atoms with van der Waals surface area (Å²) in [5.41, 5.74) is 0.0544. The minimum absolute atomic E-state index is 0.0209. The lowest BCUT2D eigenvalue weighted by molar-refractivity contribution is -0.136. The molecule has 0 aromatic carbocycles. The van der Waals surface area contributed by atoms with Crippen molar-refractivity contribution in [3.8, 4) is 0 Å². The summed E-state index contributed by atoms with van der Waals surface area (Å²) in [6.45, 7) is 9.95. The number of hydrogen-bond acceptors (Lipinski definition) is 5. The van der Waals surface area contributed by atoms with E-state index in [4.69, 9.17) is 9.57 Å². The van der Waals surface area contributed by atoms with Crippen molar-refractivity contribution in [3.63, 3.8) is 0 Å². The van der Waals surface area contributed by atoms with E-state index in [0.717, 1.165) is 25.7 Å². The molecule has 5 nitrogen and oxygen atoms in total. The Hall–Kier alpha value is -1.39. The van der Waals surface area contributed by atoms with E-state index in [1.54, 1.807) is 6.92 Å². The molecule has 21 heavy (non-hydrogen) atoms. The molecule has 0 unspecified atom stereocenters. The van der Waals surface area contributed by atoms with E-state index in [-0.39, 0.29) is 18.4 Å². The second-order valence-corrected chi connectivity index (χ2v) is 6.66. The van der Waals surface area contributed by atoms with Gasteiger partial charge in [0.15, 0.2) is 5.78 Å². The first kappa shape index (κ1) is 17.7. The van der Waals surface area contributed by atoms with Crippen molar-refractivity contribution in [1.82, 2.24) is 0 Å². The Balaban J connectivity index is 2.56. The summed E-state index contributed by atoms with van der Waals surface area (Å²) in [4.78, 5) is 28.4. The third-order valence-corrected chi connectivity index (χ3v) is 3.99. The molecule has 0 N–H and O–H groups in total. The van der Waals surface area contributed by atoms with Crippen molar-refractivity contribution in [1.29, 1.82) is 0 Å². The number of oxime groups is 1. The van der Waals surface area contributed by atoms with Gasteiger partial charge in [-0.3, -0.25) is 4.79 Å². The van der Waals surface area contributed by atoms with Crippen molar-refractivity contribution in [2.45, 2.75) is 66.4 Å². The van der Waals surface area contributed by atoms with Crippen LogP contribution in [-0.4, -0.2) is 30.2 Å². The average molecular weight is 297 g/mol. The second-order valence-electron chi connectivity index (χ2n) is 6.66. The molecule has 0 atom stereocenters. The minimum atomic E-state index is -0.714. The van der Waals surface area contributed by atoms with Crippen LogP contribution in [0, 0.1) is 11.3 Å². The van der Waals surface area contributed by atoms with Crippen molar-refractivity contribution < 1.29 is 19.2 Å². The van der Waals surface area contributed by atoms with Crippen LogP contribution in [0.15, 0.2) is 5.16 Å². The highest BCUT2D eigenvalue weighted by Gasteiger charge is 2.31. The molecule has 0 heterocycles. The van der Waals surface area contributed by atoms with Gasteiger partial charge in [0.2, 0.25) is 5.71 Å². The molecule has 0 radical (unpaired) electrons. The SMILES string of the molecule is CCOC(=O)/C(=N\OC1CCC(C(C)(C)C)CC1)C(C)=O. The molecule has 0 bridgehead atoms. The number of esters is 1. The van der Waals surface area contributed by atoms with Crippen molar-refractivity contribution in [2.24, 2.45) is 16.5 Å². The largest absolute Gasteiger partial charge is 0.461 e. The van der Waals surface area contributed by atoms with E-state index in [2.05, 4.69) is 25.9 Å². The summed E-state index contributed by atoms with van der Waals surface area (Å²) in [6, 6.07) is 0. The highest BCUT2D eigenvalue weighted by molar-refractivity contribution is 6.63. The molecular weight excluding hydrogens is 270 g/mol. The van der Waals surface area contributed by atoms with Crippen molar-refractivity contribution in [2.75, 3.05) is 6.61 Å². The van der Waals surface area contributed by atoms with Crippen molar-refractivity contribution >= 4 is 17.5 Å². The maximum Gasteiger partial charge on any atom is 0.364 e. The summed E-state index contributed by atoms with van der Waals surface area (Å²) in [5.74, 6) is -0.469. The highest BCUT2D eigenvalue weighted by atomic mass is 16.6. The van der Waals surface area contributed by atoms with Crippen LogP contribution >= 0.6 is 0 Å². The number of ketones is 1. The van der Waals surface area contributed by atoms with Gasteiger partial charge in [-0.1, -0.05) is 25.9 Å². The lowest BCUT2D eigenvalue weighted by Crippen LogP contribution is -2.30. The number of rotatable bonds is 5. The maximum atomic E-state index is 11.6. The molecule has 5 heteroatoms. The van der Waals surface area contributed by atoms with Gasteiger partial charge in [-0.15, -0.1) is 0 Å². The molecule has 120 valence electrons. The Morgan fingerprint density at radius 2 is 1.71 bits per heavy atom. The van der Waals surface area contributed by atoms with Crippen molar-refractivity contribution in [3.05, 3.63) is 0 Å². The second kappa shape index (κ2) is 7.57. The highest BCUT2D eigenvalue weighted by Crippen LogP contribution is 2.38. The lowest BCUT2D eigenvalue weighted by Gasteiger charge is -2.36. The summed E-state index contributed by atoms with van der Waals surface area (Å²) in [7, 11) is 0. The molecule has 1 saturated carbocycles. The van der Waals surface area contributed by atoms with Crippen LogP contribution < -0.4 is 0 Å². The van der Waals surface area contributed by atoms with E-state index in [1.165, 1.54) is 6.92 Å². The molecule has 1 aliphatic carbocycles. The summed E-state index contributed by atoms with van der Waals surface area (Å²) < 4.78 is 4.80. The Kier molecular flexibility index (Phi) is 6.37. The van der Waals surface area contributed by atoms with Gasteiger partial charge in [0.25, 0.3) is 0 Å². The molecule has 0 aromatic heterocycles. The third kappa shape index (κ3) is 5.48. The third-order valence-electron chi connectivity index (χ3n) is 3.99. The quantitative estimate of drug-likeness (QED) is 0.338. The van der Waals surface area contributed by atoms with E-state index in [1.807, 2.05) is 0 Å². The van der Waals surface area contributed by atoms with Gasteiger partial charge in [-0.25, -0.2) is 4.79 Å². The van der Waals surface area contributed by atoms with Crippen LogP contribution in [0.1, 0.15) is 60.3 Å². The summed E-state index contributed by atoms with van der Waals surface area (Å²) >= 11 is 0. The first-order valence-electron chi connectivity index (χ1n) is 7.67. The maximum absolute atomic E-state index is 11.6. The lowest BCUT2D eigenvalue weighted by atomic mass is 9.72. The van der Waals surface area contributed by atoms with Gasteiger partial charge in [0.05, 0.1) is 6.61 Å². The number of Topliss-reactive ketones (excluding diaryl/α,β-unsaturated/α-hetero) is 1. The molecule has 1 rings (SSSR count). The van der Waals surface area contributed by atoms with E-state index in [9.17, 15) is 9.59 Å². The van der Waals surface area contributed by atoms with Crippen LogP contribution in [0.25, 0.3) is 0 Å². The topological polar surface area (TPSA) is 65.0 Å². The predicted molar refractivity (Wildman–Crippen MR) is 81.0 cm³/mol. The van der Waals surface area contributed by atoms with E-state index >= 15 is 0 Å². The fourth-order valence-electron chi connectivity index (χ4n) is 2.61. The van der Waals surface area contributed by atoms with Crippen LogP contribution in [0.3, 0.4) is 0 Å². The predicted octanol–water partition coefficient (Wildman–Crippen LogP) is 3.12. The first-order chi connectivity index (χ1) is 9.75. The average Bonchev–Trinajstić information content (AvgIpc) is 2.38. The van der Waals surface area contributed by atoms with Gasteiger partial charge < -0.3 is 9.57 Å². The zero-order valence-electron chi connectivity index (χ0n) is 13.8. The number of ether oxygens (including phenoxy) is 1. The molecule has 1 fully saturated rings. The Morgan fingerprint density at radius 3 is 2.14 bits per heavy atom. The van der Waals surface area contributed by atoms with Gasteiger partial charge in [0.1, 0.15) is 6.10 Å². The van der Waals surface area contributed by atoms with Gasteiger partial charge in [0, 0.05) is 6.92 Å². The van der Waals surface area contributed by atoms with Crippen LogP contribution in [0.2, 0.25) is 0 Å². The van der Waals surface area contributed by atoms with Crippen LogP contribution in [0.5, 0.6) is 0 Å². The normalized spacial score (nSPS) is 23.6. The monoisotopic (exact) mass is 297 g/mol. The van der Waals surface area contributed by atoms with Crippen LogP contribution in [-0.2, 0) is 19.2 Å². The van der Waals surface area contributed by atoms with Crippen LogP contribution in [0.4, 0.5) is 0 Å². The van der Waals surface area contributed by atoms with E-state index in [0.29, 0.717) is 11.3 Å².